The SMILES string of the molecule is CC(C)=CCC[C@H](C)N1C[C@]23C=C[C@H](O2)[C@@H](C(=O)O)[C@@H]3C1=O. The maximum absolute atomic E-state index is 12.8. The van der Waals surface area contributed by atoms with Gasteiger partial charge in [-0.1, -0.05) is 23.8 Å². The summed E-state index contributed by atoms with van der Waals surface area (Å²) in [7, 11) is 0. The van der Waals surface area contributed by atoms with Crippen LogP contribution >= 0.6 is 0 Å². The van der Waals surface area contributed by atoms with E-state index in [9.17, 15) is 14.7 Å². The van der Waals surface area contributed by atoms with E-state index in [0.717, 1.165) is 12.8 Å². The average molecular weight is 305 g/mol. The molecule has 0 aliphatic carbocycles. The van der Waals surface area contributed by atoms with Gasteiger partial charge in [-0.25, -0.2) is 0 Å². The Kier molecular flexibility index (Phi) is 3.63. The van der Waals surface area contributed by atoms with Crippen molar-refractivity contribution in [1.82, 2.24) is 4.90 Å². The Morgan fingerprint density at radius 2 is 2.32 bits per heavy atom. The molecule has 3 aliphatic heterocycles. The quantitative estimate of drug-likeness (QED) is 0.789. The van der Waals surface area contributed by atoms with Crippen molar-refractivity contribution in [2.24, 2.45) is 11.8 Å². The molecule has 3 heterocycles. The van der Waals surface area contributed by atoms with Gasteiger partial charge in [0.05, 0.1) is 18.6 Å². The molecule has 0 saturated carbocycles. The highest BCUT2D eigenvalue weighted by Gasteiger charge is 2.67. The van der Waals surface area contributed by atoms with Gasteiger partial charge in [0.15, 0.2) is 0 Å². The average Bonchev–Trinajstić information content (AvgIpc) is 3.06. The first-order valence-electron chi connectivity index (χ1n) is 7.89. The Hall–Kier alpha value is -1.62. The van der Waals surface area contributed by atoms with E-state index in [4.69, 9.17) is 4.74 Å². The fourth-order valence-electron chi connectivity index (χ4n) is 3.95. The molecule has 2 fully saturated rings. The summed E-state index contributed by atoms with van der Waals surface area (Å²) in [4.78, 5) is 26.1. The van der Waals surface area contributed by atoms with Gasteiger partial charge in [0.2, 0.25) is 5.91 Å². The zero-order valence-corrected chi connectivity index (χ0v) is 13.3. The molecule has 1 amide bonds. The van der Waals surface area contributed by atoms with Gasteiger partial charge in [0.25, 0.3) is 0 Å². The van der Waals surface area contributed by atoms with E-state index < -0.39 is 29.5 Å². The molecular weight excluding hydrogens is 282 g/mol. The van der Waals surface area contributed by atoms with E-state index in [1.165, 1.54) is 5.57 Å². The van der Waals surface area contributed by atoms with Gasteiger partial charge in [-0.3, -0.25) is 9.59 Å². The summed E-state index contributed by atoms with van der Waals surface area (Å²) in [5.41, 5.74) is 0.557. The maximum atomic E-state index is 12.8. The van der Waals surface area contributed by atoms with Crippen LogP contribution in [0, 0.1) is 11.8 Å². The minimum Gasteiger partial charge on any atom is -0.481 e. The number of hydrogen-bond donors (Lipinski definition) is 1. The van der Waals surface area contributed by atoms with Crippen LogP contribution in [-0.2, 0) is 14.3 Å². The lowest BCUT2D eigenvalue weighted by Crippen LogP contribution is -2.40. The molecule has 3 aliphatic rings. The summed E-state index contributed by atoms with van der Waals surface area (Å²) in [6, 6.07) is 0.0913. The number of hydrogen-bond acceptors (Lipinski definition) is 3. The normalized spacial score (nSPS) is 36.6. The Balaban J connectivity index is 1.76. The largest absolute Gasteiger partial charge is 0.481 e. The van der Waals surface area contributed by atoms with Crippen molar-refractivity contribution in [2.75, 3.05) is 6.54 Å². The topological polar surface area (TPSA) is 66.8 Å². The van der Waals surface area contributed by atoms with Crippen molar-refractivity contribution in [3.8, 4) is 0 Å². The predicted octanol–water partition coefficient (Wildman–Crippen LogP) is 1.99. The van der Waals surface area contributed by atoms with Crippen LogP contribution in [0.5, 0.6) is 0 Å². The number of carboxylic acid groups (broad SMARTS) is 1. The second kappa shape index (κ2) is 5.23. The molecule has 1 N–H and O–H groups in total. The van der Waals surface area contributed by atoms with Gasteiger partial charge in [0.1, 0.15) is 11.5 Å². The molecule has 1 spiro atoms. The molecule has 5 nitrogen and oxygen atoms in total. The number of ether oxygens (including phenoxy) is 1. The van der Waals surface area contributed by atoms with Crippen molar-refractivity contribution in [3.05, 3.63) is 23.8 Å². The molecule has 2 saturated heterocycles. The van der Waals surface area contributed by atoms with Crippen molar-refractivity contribution < 1.29 is 19.4 Å². The van der Waals surface area contributed by atoms with Gasteiger partial charge in [-0.05, 0) is 33.6 Å². The predicted molar refractivity (Wildman–Crippen MR) is 81.2 cm³/mol. The Morgan fingerprint density at radius 3 is 2.95 bits per heavy atom. The smallest absolute Gasteiger partial charge is 0.310 e. The Labute approximate surface area is 130 Å². The number of carbonyl (C=O) groups excluding carboxylic acids is 1. The summed E-state index contributed by atoms with van der Waals surface area (Å²) >= 11 is 0. The number of carbonyl (C=O) groups is 2. The van der Waals surface area contributed by atoms with Gasteiger partial charge in [0, 0.05) is 6.04 Å². The number of allylic oxidation sites excluding steroid dienone is 2. The van der Waals surface area contributed by atoms with Crippen molar-refractivity contribution in [2.45, 2.75) is 51.4 Å². The third kappa shape index (κ3) is 2.19. The molecule has 2 bridgehead atoms. The van der Waals surface area contributed by atoms with Crippen LogP contribution in [0.4, 0.5) is 0 Å². The van der Waals surface area contributed by atoms with Crippen LogP contribution in [0.1, 0.15) is 33.6 Å². The van der Waals surface area contributed by atoms with Crippen LogP contribution in [0.2, 0.25) is 0 Å². The third-order valence-electron chi connectivity index (χ3n) is 5.08. The van der Waals surface area contributed by atoms with E-state index in [1.807, 2.05) is 17.9 Å². The van der Waals surface area contributed by atoms with Gasteiger partial charge < -0.3 is 14.7 Å². The second-order valence-corrected chi connectivity index (χ2v) is 6.91. The molecule has 3 rings (SSSR count). The van der Waals surface area contributed by atoms with Crippen molar-refractivity contribution >= 4 is 11.9 Å². The number of likely N-dealkylation sites (tertiary alicyclic amines) is 1. The second-order valence-electron chi connectivity index (χ2n) is 6.91. The number of aliphatic carboxylic acids is 1. The highest BCUT2D eigenvalue weighted by Crippen LogP contribution is 2.52. The minimum atomic E-state index is -0.936. The monoisotopic (exact) mass is 305 g/mol. The standard InChI is InChI=1S/C17H23NO4/c1-10(2)5-4-6-11(3)18-9-17-8-7-12(22-17)13(16(20)21)14(17)15(18)19/h5,7-8,11-14H,4,6,9H2,1-3H3,(H,20,21)/t11-,12-,13+,14+,17-/m0/s1. The van der Waals surface area contributed by atoms with Crippen LogP contribution in [0.25, 0.3) is 0 Å². The van der Waals surface area contributed by atoms with E-state index in [0.29, 0.717) is 6.54 Å². The summed E-state index contributed by atoms with van der Waals surface area (Å²) in [5.74, 6) is -2.31. The highest BCUT2D eigenvalue weighted by atomic mass is 16.5. The molecule has 0 aromatic heterocycles. The first kappa shape index (κ1) is 15.3. The minimum absolute atomic E-state index is 0.0658. The van der Waals surface area contributed by atoms with E-state index in [2.05, 4.69) is 19.9 Å². The fourth-order valence-corrected chi connectivity index (χ4v) is 3.95. The highest BCUT2D eigenvalue weighted by molar-refractivity contribution is 5.90. The molecule has 5 atom stereocenters. The molecule has 22 heavy (non-hydrogen) atoms. The van der Waals surface area contributed by atoms with Crippen molar-refractivity contribution in [3.63, 3.8) is 0 Å². The molecule has 0 aromatic carbocycles. The van der Waals surface area contributed by atoms with Crippen LogP contribution in [0.3, 0.4) is 0 Å². The number of carboxylic acids is 1. The number of nitrogens with zero attached hydrogens (tertiary/aromatic N) is 1. The summed E-state index contributed by atoms with van der Waals surface area (Å²) in [5, 5.41) is 9.43. The zero-order valence-electron chi connectivity index (χ0n) is 13.3. The molecule has 120 valence electrons. The first-order chi connectivity index (χ1) is 10.4. The molecular formula is C17H23NO4. The zero-order chi connectivity index (χ0) is 16.1. The number of fused-ring (bicyclic) bond motifs is 1. The maximum Gasteiger partial charge on any atom is 0.310 e. The van der Waals surface area contributed by atoms with Gasteiger partial charge in [-0.15, -0.1) is 0 Å². The van der Waals surface area contributed by atoms with Gasteiger partial charge >= 0.3 is 5.97 Å². The van der Waals surface area contributed by atoms with E-state index >= 15 is 0 Å². The van der Waals surface area contributed by atoms with Crippen LogP contribution in [-0.4, -0.2) is 46.2 Å². The first-order valence-corrected chi connectivity index (χ1v) is 7.89. The van der Waals surface area contributed by atoms with Crippen molar-refractivity contribution in [1.29, 1.82) is 0 Å². The summed E-state index contributed by atoms with van der Waals surface area (Å²) in [6.07, 6.45) is 7.23. The molecule has 0 aromatic rings. The lowest BCUT2D eigenvalue weighted by atomic mass is 9.77. The van der Waals surface area contributed by atoms with E-state index in [1.54, 1.807) is 6.08 Å². The molecule has 5 heteroatoms. The molecule has 0 unspecified atom stereocenters. The lowest BCUT2D eigenvalue weighted by molar-refractivity contribution is -0.148. The lowest BCUT2D eigenvalue weighted by Gasteiger charge is -2.27. The summed E-state index contributed by atoms with van der Waals surface area (Å²) in [6.45, 7) is 6.62. The third-order valence-corrected chi connectivity index (χ3v) is 5.08. The number of rotatable bonds is 5. The van der Waals surface area contributed by atoms with Gasteiger partial charge in [-0.2, -0.15) is 0 Å². The van der Waals surface area contributed by atoms with E-state index in [-0.39, 0.29) is 11.9 Å². The summed E-state index contributed by atoms with van der Waals surface area (Å²) < 4.78 is 5.88. The molecule has 0 radical (unpaired) electrons. The van der Waals surface area contributed by atoms with Crippen LogP contribution < -0.4 is 0 Å². The Bertz CT molecular complexity index is 563. The fraction of sp³-hybridized carbons (Fsp3) is 0.647. The van der Waals surface area contributed by atoms with Crippen LogP contribution in [0.15, 0.2) is 23.8 Å². The Morgan fingerprint density at radius 1 is 1.59 bits per heavy atom. The number of amides is 1.